The lowest BCUT2D eigenvalue weighted by Crippen LogP contribution is -2.41. The summed E-state index contributed by atoms with van der Waals surface area (Å²) in [7, 11) is 1.48. The van der Waals surface area contributed by atoms with Gasteiger partial charge in [-0.05, 0) is 35.9 Å². The van der Waals surface area contributed by atoms with E-state index in [4.69, 9.17) is 4.74 Å². The molecule has 4 aromatic rings. The first-order valence-corrected chi connectivity index (χ1v) is 9.48. The van der Waals surface area contributed by atoms with E-state index in [1.54, 1.807) is 28.8 Å². The largest absolute Gasteiger partial charge is 0.383 e. The number of nitriles is 1. The lowest BCUT2D eigenvalue weighted by molar-refractivity contribution is 0.184. The van der Waals surface area contributed by atoms with Gasteiger partial charge in [0.15, 0.2) is 11.2 Å². The Bertz CT molecular complexity index is 1410. The first kappa shape index (κ1) is 20.3. The molecule has 0 aliphatic heterocycles. The van der Waals surface area contributed by atoms with Crippen molar-refractivity contribution >= 4 is 11.2 Å². The molecule has 0 amide bonds. The fraction of sp³-hybridized carbons (Fsp3) is 0.182. The predicted octanol–water partition coefficient (Wildman–Crippen LogP) is 2.05. The van der Waals surface area contributed by atoms with Crippen LogP contribution >= 0.6 is 0 Å². The van der Waals surface area contributed by atoms with Gasteiger partial charge in [0, 0.05) is 7.11 Å². The van der Waals surface area contributed by atoms with E-state index in [1.807, 2.05) is 0 Å². The van der Waals surface area contributed by atoms with E-state index in [-0.39, 0.29) is 30.9 Å². The average Bonchev–Trinajstić information content (AvgIpc) is 3.19. The Morgan fingerprint density at radius 1 is 1.13 bits per heavy atom. The summed E-state index contributed by atoms with van der Waals surface area (Å²) in [6.07, 6.45) is 1.46. The van der Waals surface area contributed by atoms with Crippen LogP contribution in [0.15, 0.2) is 64.4 Å². The summed E-state index contributed by atoms with van der Waals surface area (Å²) in [4.78, 5) is 30.7. The lowest BCUT2D eigenvalue weighted by Gasteiger charge is -2.13. The van der Waals surface area contributed by atoms with Gasteiger partial charge in [-0.2, -0.15) is 5.26 Å². The quantitative estimate of drug-likeness (QED) is 0.477. The van der Waals surface area contributed by atoms with Gasteiger partial charge in [0.05, 0.1) is 43.3 Å². The molecule has 9 heteroatoms. The molecule has 156 valence electrons. The number of benzene rings is 2. The monoisotopic (exact) mass is 419 g/mol. The van der Waals surface area contributed by atoms with Crippen LogP contribution in [-0.2, 0) is 17.8 Å². The number of aromatic nitrogens is 4. The molecule has 8 nitrogen and oxygen atoms in total. The molecule has 0 radical (unpaired) electrons. The van der Waals surface area contributed by atoms with Crippen molar-refractivity contribution in [3.63, 3.8) is 0 Å². The minimum Gasteiger partial charge on any atom is -0.383 e. The Hall–Kier alpha value is -4.03. The van der Waals surface area contributed by atoms with Crippen molar-refractivity contribution in [1.29, 1.82) is 5.26 Å². The Labute approximate surface area is 176 Å². The second-order valence-electron chi connectivity index (χ2n) is 6.86. The molecular formula is C22H18FN5O3. The zero-order chi connectivity index (χ0) is 22.0. The second-order valence-corrected chi connectivity index (χ2v) is 6.86. The molecule has 0 atom stereocenters. The summed E-state index contributed by atoms with van der Waals surface area (Å²) < 4.78 is 22.4. The molecule has 31 heavy (non-hydrogen) atoms. The highest BCUT2D eigenvalue weighted by molar-refractivity contribution is 5.72. The smallest absolute Gasteiger partial charge is 0.337 e. The van der Waals surface area contributed by atoms with Gasteiger partial charge in [-0.25, -0.2) is 18.7 Å². The zero-order valence-electron chi connectivity index (χ0n) is 16.7. The van der Waals surface area contributed by atoms with Gasteiger partial charge in [-0.15, -0.1) is 0 Å². The summed E-state index contributed by atoms with van der Waals surface area (Å²) in [6.45, 7) is 0.433. The summed E-state index contributed by atoms with van der Waals surface area (Å²) in [5, 5.41) is 9.38. The topological polar surface area (TPSA) is 94.8 Å². The Morgan fingerprint density at radius 2 is 1.87 bits per heavy atom. The number of halogens is 1. The first-order chi connectivity index (χ1) is 15.0. The van der Waals surface area contributed by atoms with Gasteiger partial charge in [-0.1, -0.05) is 18.2 Å². The number of rotatable bonds is 6. The molecule has 0 aliphatic carbocycles. The number of imidazole rings is 1. The Balaban J connectivity index is 1.98. The molecule has 2 aromatic carbocycles. The van der Waals surface area contributed by atoms with Crippen LogP contribution in [0, 0.1) is 17.1 Å². The third kappa shape index (κ3) is 3.65. The van der Waals surface area contributed by atoms with Gasteiger partial charge in [0.25, 0.3) is 5.56 Å². The van der Waals surface area contributed by atoms with Gasteiger partial charge in [0.1, 0.15) is 5.82 Å². The molecule has 0 saturated carbocycles. The molecule has 2 heterocycles. The van der Waals surface area contributed by atoms with Crippen LogP contribution in [0.4, 0.5) is 4.39 Å². The van der Waals surface area contributed by atoms with E-state index >= 15 is 0 Å². The highest BCUT2D eigenvalue weighted by Gasteiger charge is 2.19. The van der Waals surface area contributed by atoms with E-state index in [2.05, 4.69) is 11.1 Å². The third-order valence-electron chi connectivity index (χ3n) is 4.98. The van der Waals surface area contributed by atoms with E-state index < -0.39 is 17.1 Å². The van der Waals surface area contributed by atoms with Crippen molar-refractivity contribution in [3.05, 3.63) is 92.6 Å². The van der Waals surface area contributed by atoms with Crippen LogP contribution in [-0.4, -0.2) is 32.4 Å². The molecule has 2 aromatic heterocycles. The average molecular weight is 419 g/mol. The highest BCUT2D eigenvalue weighted by atomic mass is 19.1. The van der Waals surface area contributed by atoms with Crippen molar-refractivity contribution in [2.45, 2.75) is 13.1 Å². The highest BCUT2D eigenvalue weighted by Crippen LogP contribution is 2.16. The number of ether oxygens (including phenoxy) is 1. The number of fused-ring (bicyclic) bond motifs is 1. The fourth-order valence-electron chi connectivity index (χ4n) is 3.45. The maximum atomic E-state index is 13.4. The van der Waals surface area contributed by atoms with Crippen LogP contribution in [0.3, 0.4) is 0 Å². The minimum atomic E-state index is -0.594. The van der Waals surface area contributed by atoms with E-state index in [0.717, 1.165) is 4.57 Å². The van der Waals surface area contributed by atoms with Crippen LogP contribution in [0.1, 0.15) is 11.1 Å². The maximum absolute atomic E-state index is 13.4. The number of hydrogen-bond acceptors (Lipinski definition) is 5. The van der Waals surface area contributed by atoms with Gasteiger partial charge < -0.3 is 9.30 Å². The Kier molecular flexibility index (Phi) is 5.47. The summed E-state index contributed by atoms with van der Waals surface area (Å²) in [5.74, 6) is -0.445. The van der Waals surface area contributed by atoms with E-state index in [0.29, 0.717) is 16.8 Å². The van der Waals surface area contributed by atoms with Crippen molar-refractivity contribution in [1.82, 2.24) is 18.7 Å². The summed E-state index contributed by atoms with van der Waals surface area (Å²) >= 11 is 0. The molecule has 0 saturated heterocycles. The molecule has 0 bridgehead atoms. The molecule has 0 N–H and O–H groups in total. The summed E-state index contributed by atoms with van der Waals surface area (Å²) in [6, 6.07) is 14.6. The lowest BCUT2D eigenvalue weighted by atomic mass is 10.1. The van der Waals surface area contributed by atoms with E-state index in [1.165, 1.54) is 42.3 Å². The minimum absolute atomic E-state index is 0.0469. The molecule has 0 spiro atoms. The first-order valence-electron chi connectivity index (χ1n) is 9.48. The van der Waals surface area contributed by atoms with Crippen molar-refractivity contribution in [3.8, 4) is 11.8 Å². The molecule has 0 aliphatic rings. The molecule has 4 rings (SSSR count). The standard InChI is InChI=1S/C22H18FN5O3/c1-31-11-10-27-21(29)19-20(28(22(27)30)18-8-6-17(23)7-9-18)25-14-26(19)13-16-5-3-2-4-15(16)12-24/h2-9,14H,10-11,13H2,1H3. The molecule has 0 fully saturated rings. The van der Waals surface area contributed by atoms with Gasteiger partial charge in [0.2, 0.25) is 0 Å². The zero-order valence-corrected chi connectivity index (χ0v) is 16.7. The number of nitrogens with zero attached hydrogens (tertiary/aromatic N) is 5. The molecule has 0 unspecified atom stereocenters. The SMILES string of the molecule is COCCn1c(=O)c2c(ncn2Cc2ccccc2C#N)n(-c2ccc(F)cc2)c1=O. The predicted molar refractivity (Wildman–Crippen MR) is 112 cm³/mol. The van der Waals surface area contributed by atoms with Crippen molar-refractivity contribution in [2.24, 2.45) is 0 Å². The van der Waals surface area contributed by atoms with Crippen LogP contribution in [0.2, 0.25) is 0 Å². The summed E-state index contributed by atoms with van der Waals surface area (Å²) in [5.41, 5.74) is 0.830. The maximum Gasteiger partial charge on any atom is 0.337 e. The van der Waals surface area contributed by atoms with Crippen molar-refractivity contribution in [2.75, 3.05) is 13.7 Å². The second kappa shape index (κ2) is 8.38. The van der Waals surface area contributed by atoms with Gasteiger partial charge >= 0.3 is 5.69 Å². The van der Waals surface area contributed by atoms with Crippen molar-refractivity contribution < 1.29 is 9.13 Å². The van der Waals surface area contributed by atoms with Crippen LogP contribution < -0.4 is 11.2 Å². The van der Waals surface area contributed by atoms with Crippen LogP contribution in [0.25, 0.3) is 16.9 Å². The number of hydrogen-bond donors (Lipinski definition) is 0. The van der Waals surface area contributed by atoms with Crippen LogP contribution in [0.5, 0.6) is 0 Å². The van der Waals surface area contributed by atoms with Gasteiger partial charge in [-0.3, -0.25) is 9.36 Å². The normalized spacial score (nSPS) is 11.0. The third-order valence-corrected chi connectivity index (χ3v) is 4.98. The number of methoxy groups -OCH3 is 1. The van der Waals surface area contributed by atoms with E-state index in [9.17, 15) is 19.2 Å². The Morgan fingerprint density at radius 3 is 2.58 bits per heavy atom. The fourth-order valence-corrected chi connectivity index (χ4v) is 3.45. The molecular weight excluding hydrogens is 401 g/mol.